The first-order valence-corrected chi connectivity index (χ1v) is 9.27. The van der Waals surface area contributed by atoms with Gasteiger partial charge in [0, 0.05) is 6.54 Å². The molecule has 0 aliphatic carbocycles. The van der Waals surface area contributed by atoms with Crippen molar-refractivity contribution in [3.05, 3.63) is 35.4 Å². The average Bonchev–Trinajstić information content (AvgIpc) is 3.05. The summed E-state index contributed by atoms with van der Waals surface area (Å²) in [5.41, 5.74) is -0.769. The first-order chi connectivity index (χ1) is 13.1. The van der Waals surface area contributed by atoms with E-state index < -0.39 is 23.2 Å². The zero-order chi connectivity index (χ0) is 20.9. The van der Waals surface area contributed by atoms with Crippen LogP contribution in [0.5, 0.6) is 0 Å². The summed E-state index contributed by atoms with van der Waals surface area (Å²) >= 11 is 0. The van der Waals surface area contributed by atoms with E-state index in [1.54, 1.807) is 45.0 Å². The van der Waals surface area contributed by atoms with Crippen molar-refractivity contribution in [2.24, 2.45) is 0 Å². The van der Waals surface area contributed by atoms with Crippen LogP contribution in [0.2, 0.25) is 0 Å². The van der Waals surface area contributed by atoms with Gasteiger partial charge in [0.25, 0.3) is 0 Å². The highest BCUT2D eigenvalue weighted by molar-refractivity contribution is 5.87. The number of carboxylic acids is 1. The Morgan fingerprint density at radius 2 is 1.79 bits per heavy atom. The number of hydrogen-bond acceptors (Lipinski definition) is 5. The lowest BCUT2D eigenvalue weighted by Gasteiger charge is -2.35. The maximum atomic E-state index is 12.5. The summed E-state index contributed by atoms with van der Waals surface area (Å²) in [7, 11) is 0. The van der Waals surface area contributed by atoms with E-state index in [0.717, 1.165) is 11.1 Å². The van der Waals surface area contributed by atoms with Gasteiger partial charge in [-0.1, -0.05) is 24.3 Å². The summed E-state index contributed by atoms with van der Waals surface area (Å²) in [4.78, 5) is 38.0. The van der Waals surface area contributed by atoms with Gasteiger partial charge in [-0.3, -0.25) is 9.69 Å². The molecule has 1 aliphatic rings. The van der Waals surface area contributed by atoms with Gasteiger partial charge in [-0.05, 0) is 44.7 Å². The second kappa shape index (κ2) is 8.60. The number of carbonyl (C=O) groups excluding carboxylic acids is 2. The Balaban J connectivity index is 2.05. The van der Waals surface area contributed by atoms with Gasteiger partial charge in [0.05, 0.1) is 19.6 Å². The van der Waals surface area contributed by atoms with E-state index in [-0.39, 0.29) is 38.4 Å². The first kappa shape index (κ1) is 21.7. The molecule has 1 heterocycles. The van der Waals surface area contributed by atoms with Crippen LogP contribution >= 0.6 is 0 Å². The van der Waals surface area contributed by atoms with E-state index in [1.165, 1.54) is 4.90 Å². The van der Waals surface area contributed by atoms with E-state index in [4.69, 9.17) is 9.84 Å². The highest BCUT2D eigenvalue weighted by atomic mass is 16.6. The fourth-order valence-electron chi connectivity index (χ4n) is 3.20. The summed E-state index contributed by atoms with van der Waals surface area (Å²) in [5.74, 6) is -1.50. The molecular formula is C20H28N2O6. The topological polar surface area (TPSA) is 116 Å². The third kappa shape index (κ3) is 5.22. The molecule has 2 rings (SSSR count). The highest BCUT2D eigenvalue weighted by Gasteiger charge is 2.51. The quantitative estimate of drug-likeness (QED) is 0.678. The van der Waals surface area contributed by atoms with Crippen molar-refractivity contribution in [3.8, 4) is 0 Å². The standard InChI is InChI=1S/C20H28N2O6/c1-19(2,3)28-18(27)22-10-4-9-20(22,17(25)26)13-21-16(24)11-14-5-7-15(12-23)8-6-14/h5-8,23H,4,9-13H2,1-3H3,(H,21,24)(H,25,26)/t20-/m1/s1. The smallest absolute Gasteiger partial charge is 0.411 e. The highest BCUT2D eigenvalue weighted by Crippen LogP contribution is 2.31. The Morgan fingerprint density at radius 3 is 2.32 bits per heavy atom. The number of nitrogens with zero attached hydrogens (tertiary/aromatic N) is 1. The maximum absolute atomic E-state index is 12.5. The van der Waals surface area contributed by atoms with Gasteiger partial charge in [0.2, 0.25) is 5.91 Å². The SMILES string of the molecule is CC(C)(C)OC(=O)N1CCC[C@@]1(CNC(=O)Cc1ccc(CO)cc1)C(=O)O. The van der Waals surface area contributed by atoms with Crippen LogP contribution in [-0.4, -0.2) is 57.3 Å². The molecule has 1 fully saturated rings. The lowest BCUT2D eigenvalue weighted by Crippen LogP contribution is -2.60. The number of nitrogens with one attached hydrogen (secondary N) is 1. The van der Waals surface area contributed by atoms with Crippen molar-refractivity contribution in [1.29, 1.82) is 0 Å². The van der Waals surface area contributed by atoms with Crippen LogP contribution in [0.25, 0.3) is 0 Å². The number of amides is 2. The Morgan fingerprint density at radius 1 is 1.18 bits per heavy atom. The number of benzene rings is 1. The normalized spacial score (nSPS) is 19.4. The Kier molecular flexibility index (Phi) is 6.66. The third-order valence-electron chi connectivity index (χ3n) is 4.65. The van der Waals surface area contributed by atoms with Gasteiger partial charge in [-0.25, -0.2) is 9.59 Å². The van der Waals surface area contributed by atoms with Gasteiger partial charge < -0.3 is 20.3 Å². The van der Waals surface area contributed by atoms with Crippen LogP contribution in [0.1, 0.15) is 44.7 Å². The molecule has 8 heteroatoms. The fraction of sp³-hybridized carbons (Fsp3) is 0.550. The monoisotopic (exact) mass is 392 g/mol. The van der Waals surface area contributed by atoms with Crippen LogP contribution in [0, 0.1) is 0 Å². The Bertz CT molecular complexity index is 725. The van der Waals surface area contributed by atoms with Crippen LogP contribution in [0.15, 0.2) is 24.3 Å². The number of aliphatic hydroxyl groups is 1. The van der Waals surface area contributed by atoms with Crippen LogP contribution in [0.3, 0.4) is 0 Å². The van der Waals surface area contributed by atoms with Crippen LogP contribution in [-0.2, 0) is 27.4 Å². The number of rotatable bonds is 6. The van der Waals surface area contributed by atoms with Crippen molar-refractivity contribution in [2.75, 3.05) is 13.1 Å². The minimum Gasteiger partial charge on any atom is -0.479 e. The third-order valence-corrected chi connectivity index (χ3v) is 4.65. The Labute approximate surface area is 164 Å². The molecule has 1 saturated heterocycles. The van der Waals surface area contributed by atoms with E-state index in [1.807, 2.05) is 0 Å². The largest absolute Gasteiger partial charge is 0.479 e. The molecule has 1 aliphatic heterocycles. The van der Waals surface area contributed by atoms with Gasteiger partial charge in [0.1, 0.15) is 5.60 Å². The number of carboxylic acid groups (broad SMARTS) is 1. The van der Waals surface area contributed by atoms with Crippen molar-refractivity contribution in [2.45, 2.75) is 57.8 Å². The maximum Gasteiger partial charge on any atom is 0.411 e. The molecule has 154 valence electrons. The average molecular weight is 392 g/mol. The molecule has 0 radical (unpaired) electrons. The van der Waals surface area contributed by atoms with E-state index in [2.05, 4.69) is 5.32 Å². The number of ether oxygens (including phenoxy) is 1. The molecule has 0 saturated carbocycles. The Hall–Kier alpha value is -2.61. The van der Waals surface area contributed by atoms with Crippen molar-refractivity contribution >= 4 is 18.0 Å². The zero-order valence-electron chi connectivity index (χ0n) is 16.5. The molecule has 0 bridgehead atoms. The molecular weight excluding hydrogens is 364 g/mol. The minimum absolute atomic E-state index is 0.0753. The number of likely N-dealkylation sites (tertiary alicyclic amines) is 1. The molecule has 1 atom stereocenters. The lowest BCUT2D eigenvalue weighted by atomic mass is 9.96. The predicted octanol–water partition coefficient (Wildman–Crippen LogP) is 1.69. The molecule has 8 nitrogen and oxygen atoms in total. The number of aliphatic carboxylic acids is 1. The zero-order valence-corrected chi connectivity index (χ0v) is 16.5. The minimum atomic E-state index is -1.52. The molecule has 2 amide bonds. The van der Waals surface area contributed by atoms with Gasteiger partial charge in [-0.15, -0.1) is 0 Å². The summed E-state index contributed by atoms with van der Waals surface area (Å²) in [6.45, 7) is 5.15. The molecule has 1 aromatic carbocycles. The number of hydrogen-bond donors (Lipinski definition) is 3. The molecule has 28 heavy (non-hydrogen) atoms. The van der Waals surface area contributed by atoms with Crippen molar-refractivity contribution < 1.29 is 29.3 Å². The summed E-state index contributed by atoms with van der Waals surface area (Å²) in [6.07, 6.45) is 0.145. The molecule has 3 N–H and O–H groups in total. The summed E-state index contributed by atoms with van der Waals surface area (Å²) in [5, 5.41) is 21.5. The van der Waals surface area contributed by atoms with E-state index in [9.17, 15) is 19.5 Å². The molecule has 0 spiro atoms. The van der Waals surface area contributed by atoms with Crippen LogP contribution in [0.4, 0.5) is 4.79 Å². The van der Waals surface area contributed by atoms with Gasteiger partial charge in [0.15, 0.2) is 5.54 Å². The summed E-state index contributed by atoms with van der Waals surface area (Å²) < 4.78 is 5.34. The lowest BCUT2D eigenvalue weighted by molar-refractivity contribution is -0.149. The van der Waals surface area contributed by atoms with Gasteiger partial charge >= 0.3 is 12.1 Å². The number of aliphatic hydroxyl groups excluding tert-OH is 1. The molecule has 0 aromatic heterocycles. The van der Waals surface area contributed by atoms with E-state index in [0.29, 0.717) is 6.42 Å². The second-order valence-electron chi connectivity index (χ2n) is 8.00. The van der Waals surface area contributed by atoms with Crippen molar-refractivity contribution in [3.63, 3.8) is 0 Å². The molecule has 0 unspecified atom stereocenters. The van der Waals surface area contributed by atoms with Crippen LogP contribution < -0.4 is 5.32 Å². The summed E-state index contributed by atoms with van der Waals surface area (Å²) in [6, 6.07) is 6.92. The fourth-order valence-corrected chi connectivity index (χ4v) is 3.20. The number of carbonyl (C=O) groups is 3. The first-order valence-electron chi connectivity index (χ1n) is 9.27. The predicted molar refractivity (Wildman–Crippen MR) is 102 cm³/mol. The second-order valence-corrected chi connectivity index (χ2v) is 8.00. The van der Waals surface area contributed by atoms with E-state index >= 15 is 0 Å². The van der Waals surface area contributed by atoms with Gasteiger partial charge in [-0.2, -0.15) is 0 Å². The molecule has 1 aromatic rings. The van der Waals surface area contributed by atoms with Crippen molar-refractivity contribution in [1.82, 2.24) is 10.2 Å².